The summed E-state index contributed by atoms with van der Waals surface area (Å²) in [6.45, 7) is 5.23. The number of carbonyl (C=O) groups is 2. The molecule has 0 aromatic heterocycles. The van der Waals surface area contributed by atoms with E-state index in [-0.39, 0.29) is 18.3 Å². The zero-order valence-corrected chi connectivity index (χ0v) is 8.15. The van der Waals surface area contributed by atoms with E-state index in [2.05, 4.69) is 0 Å². The van der Waals surface area contributed by atoms with Crippen molar-refractivity contribution in [2.45, 2.75) is 27.2 Å². The van der Waals surface area contributed by atoms with Crippen LogP contribution in [0.1, 0.15) is 27.2 Å². The normalized spacial score (nSPS) is 15.4. The minimum Gasteiger partial charge on any atom is -0.481 e. The first kappa shape index (κ1) is 11.9. The van der Waals surface area contributed by atoms with Crippen molar-refractivity contribution < 1.29 is 19.8 Å². The summed E-state index contributed by atoms with van der Waals surface area (Å²) in [6, 6.07) is 0. The number of carboxylic acid groups (broad SMARTS) is 2. The van der Waals surface area contributed by atoms with Gasteiger partial charge in [-0.05, 0) is 11.8 Å². The molecule has 0 bridgehead atoms. The lowest BCUT2D eigenvalue weighted by Gasteiger charge is -2.22. The lowest BCUT2D eigenvalue weighted by Crippen LogP contribution is -2.27. The van der Waals surface area contributed by atoms with E-state index in [1.165, 1.54) is 0 Å². The molecule has 4 nitrogen and oxygen atoms in total. The Balaban J connectivity index is 4.41. The van der Waals surface area contributed by atoms with Gasteiger partial charge in [0.25, 0.3) is 0 Å². The van der Waals surface area contributed by atoms with Gasteiger partial charge in [-0.3, -0.25) is 9.59 Å². The van der Waals surface area contributed by atoms with Crippen LogP contribution in [0.3, 0.4) is 0 Å². The molecule has 2 N–H and O–H groups in total. The Kier molecular flexibility index (Phi) is 4.45. The fourth-order valence-corrected chi connectivity index (χ4v) is 1.37. The smallest absolute Gasteiger partial charge is 0.306 e. The summed E-state index contributed by atoms with van der Waals surface area (Å²) in [5, 5.41) is 17.3. The number of rotatable bonds is 5. The first-order valence-electron chi connectivity index (χ1n) is 4.30. The summed E-state index contributed by atoms with van der Waals surface area (Å²) < 4.78 is 0. The molecule has 0 aliphatic heterocycles. The summed E-state index contributed by atoms with van der Waals surface area (Å²) in [5.41, 5.74) is 0. The molecule has 76 valence electrons. The second kappa shape index (κ2) is 4.84. The van der Waals surface area contributed by atoms with Crippen LogP contribution in [0.25, 0.3) is 0 Å². The third-order valence-electron chi connectivity index (χ3n) is 2.30. The largest absolute Gasteiger partial charge is 0.481 e. The van der Waals surface area contributed by atoms with Gasteiger partial charge < -0.3 is 10.2 Å². The molecule has 0 aromatic rings. The Hall–Kier alpha value is -1.06. The number of aliphatic carboxylic acids is 2. The van der Waals surface area contributed by atoms with Crippen LogP contribution in [0.2, 0.25) is 0 Å². The highest BCUT2D eigenvalue weighted by Crippen LogP contribution is 2.24. The van der Waals surface area contributed by atoms with Gasteiger partial charge in [0.15, 0.2) is 0 Å². The summed E-state index contributed by atoms with van der Waals surface area (Å²) in [4.78, 5) is 21.1. The summed E-state index contributed by atoms with van der Waals surface area (Å²) in [6.07, 6.45) is -0.0782. The zero-order valence-electron chi connectivity index (χ0n) is 8.15. The third-order valence-corrected chi connectivity index (χ3v) is 2.30. The maximum Gasteiger partial charge on any atom is 0.306 e. The van der Waals surface area contributed by atoms with Gasteiger partial charge in [-0.1, -0.05) is 20.8 Å². The fourth-order valence-electron chi connectivity index (χ4n) is 1.37. The molecule has 0 spiro atoms. The standard InChI is InChI=1S/C9H16O4/c1-5(2)7(4-8(10)11)6(3)9(12)13/h5-7H,4H2,1-3H3,(H,10,11)(H,12,13). The fraction of sp³-hybridized carbons (Fsp3) is 0.778. The molecule has 2 atom stereocenters. The molecule has 0 heterocycles. The van der Waals surface area contributed by atoms with Crippen molar-refractivity contribution in [2.24, 2.45) is 17.8 Å². The van der Waals surface area contributed by atoms with Crippen molar-refractivity contribution in [2.75, 3.05) is 0 Å². The van der Waals surface area contributed by atoms with Crippen LogP contribution in [-0.2, 0) is 9.59 Å². The Morgan fingerprint density at radius 1 is 1.15 bits per heavy atom. The summed E-state index contributed by atoms with van der Waals surface area (Å²) in [7, 11) is 0. The molecule has 4 heteroatoms. The van der Waals surface area contributed by atoms with Crippen LogP contribution in [-0.4, -0.2) is 22.2 Å². The number of carboxylic acids is 2. The number of hydrogen-bond donors (Lipinski definition) is 2. The summed E-state index contributed by atoms with van der Waals surface area (Å²) >= 11 is 0. The maximum atomic E-state index is 10.6. The molecule has 0 saturated heterocycles. The molecule has 0 fully saturated rings. The maximum absolute atomic E-state index is 10.6. The van der Waals surface area contributed by atoms with Gasteiger partial charge in [0.05, 0.1) is 5.92 Å². The van der Waals surface area contributed by atoms with Gasteiger partial charge in [-0.25, -0.2) is 0 Å². The van der Waals surface area contributed by atoms with Crippen LogP contribution < -0.4 is 0 Å². The monoisotopic (exact) mass is 188 g/mol. The average Bonchev–Trinajstić information content (AvgIpc) is 1.97. The van der Waals surface area contributed by atoms with Crippen molar-refractivity contribution in [3.63, 3.8) is 0 Å². The van der Waals surface area contributed by atoms with Crippen LogP contribution in [0.15, 0.2) is 0 Å². The van der Waals surface area contributed by atoms with E-state index in [1.54, 1.807) is 6.92 Å². The zero-order chi connectivity index (χ0) is 10.6. The Labute approximate surface area is 77.6 Å². The molecule has 0 aliphatic rings. The summed E-state index contributed by atoms with van der Waals surface area (Å²) in [5.74, 6) is -2.69. The lowest BCUT2D eigenvalue weighted by molar-refractivity contribution is -0.145. The molecular formula is C9H16O4. The van der Waals surface area contributed by atoms with E-state index in [9.17, 15) is 9.59 Å². The molecule has 0 saturated carbocycles. The van der Waals surface area contributed by atoms with Gasteiger partial charge in [-0.15, -0.1) is 0 Å². The van der Waals surface area contributed by atoms with E-state index in [0.29, 0.717) is 0 Å². The van der Waals surface area contributed by atoms with Gasteiger partial charge >= 0.3 is 11.9 Å². The predicted octanol–water partition coefficient (Wildman–Crippen LogP) is 1.45. The molecule has 0 amide bonds. The first-order valence-corrected chi connectivity index (χ1v) is 4.30. The predicted molar refractivity (Wildman–Crippen MR) is 47.4 cm³/mol. The van der Waals surface area contributed by atoms with Crippen LogP contribution in [0, 0.1) is 17.8 Å². The minimum absolute atomic E-state index is 0.0715. The quantitative estimate of drug-likeness (QED) is 0.684. The lowest BCUT2D eigenvalue weighted by atomic mass is 9.82. The van der Waals surface area contributed by atoms with Crippen molar-refractivity contribution >= 4 is 11.9 Å². The second-order valence-electron chi connectivity index (χ2n) is 3.63. The van der Waals surface area contributed by atoms with Crippen LogP contribution in [0.4, 0.5) is 0 Å². The molecule has 0 rings (SSSR count). The third kappa shape index (κ3) is 3.92. The molecule has 0 aromatic carbocycles. The van der Waals surface area contributed by atoms with E-state index in [1.807, 2.05) is 13.8 Å². The van der Waals surface area contributed by atoms with Crippen molar-refractivity contribution in [3.8, 4) is 0 Å². The van der Waals surface area contributed by atoms with Crippen molar-refractivity contribution in [1.29, 1.82) is 0 Å². The Morgan fingerprint density at radius 2 is 1.62 bits per heavy atom. The van der Waals surface area contributed by atoms with E-state index < -0.39 is 17.9 Å². The highest BCUT2D eigenvalue weighted by atomic mass is 16.4. The van der Waals surface area contributed by atoms with Crippen molar-refractivity contribution in [3.05, 3.63) is 0 Å². The Bertz CT molecular complexity index is 198. The molecule has 13 heavy (non-hydrogen) atoms. The van der Waals surface area contributed by atoms with E-state index in [4.69, 9.17) is 10.2 Å². The SMILES string of the molecule is CC(C)C(CC(=O)O)C(C)C(=O)O. The Morgan fingerprint density at radius 3 is 1.85 bits per heavy atom. The molecule has 0 radical (unpaired) electrons. The van der Waals surface area contributed by atoms with Crippen molar-refractivity contribution in [1.82, 2.24) is 0 Å². The average molecular weight is 188 g/mol. The second-order valence-corrected chi connectivity index (χ2v) is 3.63. The van der Waals surface area contributed by atoms with Gasteiger partial charge in [0, 0.05) is 6.42 Å². The highest BCUT2D eigenvalue weighted by molar-refractivity contribution is 5.72. The van der Waals surface area contributed by atoms with Crippen LogP contribution in [0.5, 0.6) is 0 Å². The van der Waals surface area contributed by atoms with Gasteiger partial charge in [0.1, 0.15) is 0 Å². The first-order chi connectivity index (χ1) is 5.86. The molecule has 2 unspecified atom stereocenters. The topological polar surface area (TPSA) is 74.6 Å². The molecular weight excluding hydrogens is 172 g/mol. The van der Waals surface area contributed by atoms with E-state index >= 15 is 0 Å². The van der Waals surface area contributed by atoms with Gasteiger partial charge in [0.2, 0.25) is 0 Å². The van der Waals surface area contributed by atoms with Crippen LogP contribution >= 0.6 is 0 Å². The minimum atomic E-state index is -0.938. The van der Waals surface area contributed by atoms with E-state index in [0.717, 1.165) is 0 Å². The number of hydrogen-bond acceptors (Lipinski definition) is 2. The van der Waals surface area contributed by atoms with Gasteiger partial charge in [-0.2, -0.15) is 0 Å². The molecule has 0 aliphatic carbocycles. The highest BCUT2D eigenvalue weighted by Gasteiger charge is 2.28.